The lowest BCUT2D eigenvalue weighted by molar-refractivity contribution is 0.132. The van der Waals surface area contributed by atoms with Gasteiger partial charge in [0.25, 0.3) is 0 Å². The van der Waals surface area contributed by atoms with Gasteiger partial charge in [0.15, 0.2) is 0 Å². The van der Waals surface area contributed by atoms with Crippen molar-refractivity contribution in [1.29, 1.82) is 0 Å². The van der Waals surface area contributed by atoms with Crippen LogP contribution in [0.25, 0.3) is 0 Å². The van der Waals surface area contributed by atoms with Crippen molar-refractivity contribution >= 4 is 5.69 Å². The van der Waals surface area contributed by atoms with Crippen molar-refractivity contribution in [3.8, 4) is 0 Å². The number of benzene rings is 1. The van der Waals surface area contributed by atoms with Gasteiger partial charge in [0, 0.05) is 38.4 Å². The SMILES string of the molecule is CC.CCN1CCN(Cc2ccc(N)cc2)CC1. The summed E-state index contributed by atoms with van der Waals surface area (Å²) in [6, 6.07) is 8.22. The standard InChI is InChI=1S/C13H21N3.C2H6/c1-2-15-7-9-16(10-8-15)11-12-3-5-13(14)6-4-12;1-2/h3-6H,2,7-11,14H2,1H3;1-2H3. The van der Waals surface area contributed by atoms with E-state index in [2.05, 4.69) is 28.9 Å². The van der Waals surface area contributed by atoms with Crippen LogP contribution >= 0.6 is 0 Å². The summed E-state index contributed by atoms with van der Waals surface area (Å²) < 4.78 is 0. The quantitative estimate of drug-likeness (QED) is 0.835. The molecule has 3 heteroatoms. The molecule has 1 aliphatic rings. The van der Waals surface area contributed by atoms with E-state index in [9.17, 15) is 0 Å². The van der Waals surface area contributed by atoms with E-state index in [-0.39, 0.29) is 0 Å². The van der Waals surface area contributed by atoms with Gasteiger partial charge in [0.05, 0.1) is 0 Å². The van der Waals surface area contributed by atoms with Crippen LogP contribution in [0.5, 0.6) is 0 Å². The van der Waals surface area contributed by atoms with Gasteiger partial charge < -0.3 is 10.6 Å². The zero-order chi connectivity index (χ0) is 13.4. The summed E-state index contributed by atoms with van der Waals surface area (Å²) in [7, 11) is 0. The molecule has 1 saturated heterocycles. The van der Waals surface area contributed by atoms with Crippen molar-refractivity contribution < 1.29 is 0 Å². The van der Waals surface area contributed by atoms with Crippen molar-refractivity contribution in [2.45, 2.75) is 27.3 Å². The number of nitrogen functional groups attached to an aromatic ring is 1. The molecule has 0 spiro atoms. The molecule has 0 unspecified atom stereocenters. The molecule has 0 aliphatic carbocycles. The number of piperazine rings is 1. The van der Waals surface area contributed by atoms with Crippen LogP contribution in [0.3, 0.4) is 0 Å². The fourth-order valence-electron chi connectivity index (χ4n) is 2.14. The highest BCUT2D eigenvalue weighted by atomic mass is 15.3. The third-order valence-electron chi connectivity index (χ3n) is 3.30. The van der Waals surface area contributed by atoms with Crippen LogP contribution in [0.1, 0.15) is 26.3 Å². The first-order valence-corrected chi connectivity index (χ1v) is 7.07. The maximum absolute atomic E-state index is 5.68. The van der Waals surface area contributed by atoms with Gasteiger partial charge in [0.2, 0.25) is 0 Å². The minimum Gasteiger partial charge on any atom is -0.399 e. The minimum atomic E-state index is 0.847. The minimum absolute atomic E-state index is 0.847. The highest BCUT2D eigenvalue weighted by Crippen LogP contribution is 2.10. The number of rotatable bonds is 3. The normalized spacial score (nSPS) is 17.1. The monoisotopic (exact) mass is 249 g/mol. The van der Waals surface area contributed by atoms with E-state index in [1.807, 2.05) is 26.0 Å². The molecule has 1 fully saturated rings. The van der Waals surface area contributed by atoms with Crippen molar-refractivity contribution in [2.75, 3.05) is 38.5 Å². The number of hydrogen-bond donors (Lipinski definition) is 1. The number of hydrogen-bond acceptors (Lipinski definition) is 3. The molecule has 1 aliphatic heterocycles. The molecule has 18 heavy (non-hydrogen) atoms. The predicted molar refractivity (Wildman–Crippen MR) is 79.6 cm³/mol. The predicted octanol–water partition coefficient (Wildman–Crippen LogP) is 2.43. The number of nitrogens with zero attached hydrogens (tertiary/aromatic N) is 2. The second-order valence-electron chi connectivity index (χ2n) is 4.45. The van der Waals surface area contributed by atoms with E-state index >= 15 is 0 Å². The smallest absolute Gasteiger partial charge is 0.0314 e. The first-order valence-electron chi connectivity index (χ1n) is 7.07. The van der Waals surface area contributed by atoms with E-state index < -0.39 is 0 Å². The van der Waals surface area contributed by atoms with Crippen LogP contribution in [0.15, 0.2) is 24.3 Å². The number of likely N-dealkylation sites (N-methyl/N-ethyl adjacent to an activating group) is 1. The third-order valence-corrected chi connectivity index (χ3v) is 3.30. The summed E-state index contributed by atoms with van der Waals surface area (Å²) in [5, 5.41) is 0. The van der Waals surface area contributed by atoms with Gasteiger partial charge in [-0.15, -0.1) is 0 Å². The summed E-state index contributed by atoms with van der Waals surface area (Å²) >= 11 is 0. The Hall–Kier alpha value is -1.06. The van der Waals surface area contributed by atoms with Crippen LogP contribution in [0, 0.1) is 0 Å². The first kappa shape index (κ1) is 15.0. The van der Waals surface area contributed by atoms with Gasteiger partial charge in [-0.3, -0.25) is 4.90 Å². The largest absolute Gasteiger partial charge is 0.399 e. The van der Waals surface area contributed by atoms with Crippen molar-refractivity contribution in [3.63, 3.8) is 0 Å². The average molecular weight is 249 g/mol. The Balaban J connectivity index is 0.000000771. The molecule has 0 aromatic heterocycles. The van der Waals surface area contributed by atoms with E-state index in [4.69, 9.17) is 5.73 Å². The van der Waals surface area contributed by atoms with E-state index in [0.29, 0.717) is 0 Å². The van der Waals surface area contributed by atoms with Gasteiger partial charge in [-0.2, -0.15) is 0 Å². The summed E-state index contributed by atoms with van der Waals surface area (Å²) in [6.45, 7) is 13.2. The summed E-state index contributed by atoms with van der Waals surface area (Å²) in [6.07, 6.45) is 0. The van der Waals surface area contributed by atoms with Crippen molar-refractivity contribution in [3.05, 3.63) is 29.8 Å². The average Bonchev–Trinajstić information content (AvgIpc) is 2.44. The van der Waals surface area contributed by atoms with Gasteiger partial charge in [-0.25, -0.2) is 0 Å². The molecule has 0 amide bonds. The molecule has 1 aromatic carbocycles. The maximum Gasteiger partial charge on any atom is 0.0314 e. The number of anilines is 1. The zero-order valence-corrected chi connectivity index (χ0v) is 12.0. The lowest BCUT2D eigenvalue weighted by atomic mass is 10.2. The van der Waals surface area contributed by atoms with E-state index in [1.165, 1.54) is 38.3 Å². The van der Waals surface area contributed by atoms with Gasteiger partial charge in [-0.05, 0) is 24.2 Å². The van der Waals surface area contributed by atoms with Crippen molar-refractivity contribution in [1.82, 2.24) is 9.80 Å². The highest BCUT2D eigenvalue weighted by Gasteiger charge is 2.15. The Morgan fingerprint density at radius 2 is 1.44 bits per heavy atom. The summed E-state index contributed by atoms with van der Waals surface area (Å²) in [4.78, 5) is 5.01. The lowest BCUT2D eigenvalue weighted by Crippen LogP contribution is -2.45. The molecular formula is C15H27N3. The molecule has 0 bridgehead atoms. The Labute approximate surface area is 112 Å². The molecule has 0 atom stereocenters. The Bertz CT molecular complexity index is 313. The number of nitrogens with two attached hydrogens (primary N) is 1. The third kappa shape index (κ3) is 4.67. The molecule has 0 radical (unpaired) electrons. The van der Waals surface area contributed by atoms with E-state index in [1.54, 1.807) is 0 Å². The summed E-state index contributed by atoms with van der Waals surface area (Å²) in [5.74, 6) is 0. The van der Waals surface area contributed by atoms with Crippen LogP contribution in [-0.4, -0.2) is 42.5 Å². The van der Waals surface area contributed by atoms with E-state index in [0.717, 1.165) is 12.2 Å². The molecule has 102 valence electrons. The molecule has 2 N–H and O–H groups in total. The van der Waals surface area contributed by atoms with Crippen LogP contribution in [0.2, 0.25) is 0 Å². The molecule has 1 aromatic rings. The first-order chi connectivity index (χ1) is 8.78. The Morgan fingerprint density at radius 3 is 1.94 bits per heavy atom. The Morgan fingerprint density at radius 1 is 0.944 bits per heavy atom. The molecule has 2 rings (SSSR count). The van der Waals surface area contributed by atoms with Gasteiger partial charge in [-0.1, -0.05) is 32.9 Å². The maximum atomic E-state index is 5.68. The van der Waals surface area contributed by atoms with Crippen LogP contribution < -0.4 is 5.73 Å². The van der Waals surface area contributed by atoms with Gasteiger partial charge in [0.1, 0.15) is 0 Å². The second-order valence-corrected chi connectivity index (χ2v) is 4.45. The molecule has 0 saturated carbocycles. The summed E-state index contributed by atoms with van der Waals surface area (Å²) in [5.41, 5.74) is 7.88. The fourth-order valence-corrected chi connectivity index (χ4v) is 2.14. The van der Waals surface area contributed by atoms with Crippen LogP contribution in [0.4, 0.5) is 5.69 Å². The Kier molecular flexibility index (Phi) is 6.76. The zero-order valence-electron chi connectivity index (χ0n) is 12.0. The fraction of sp³-hybridized carbons (Fsp3) is 0.600. The molecule has 3 nitrogen and oxygen atoms in total. The van der Waals surface area contributed by atoms with Crippen molar-refractivity contribution in [2.24, 2.45) is 0 Å². The highest BCUT2D eigenvalue weighted by molar-refractivity contribution is 5.39. The topological polar surface area (TPSA) is 32.5 Å². The van der Waals surface area contributed by atoms with Crippen LogP contribution in [-0.2, 0) is 6.54 Å². The second kappa shape index (κ2) is 8.11. The lowest BCUT2D eigenvalue weighted by Gasteiger charge is -2.34. The van der Waals surface area contributed by atoms with Gasteiger partial charge >= 0.3 is 0 Å². The molecular weight excluding hydrogens is 222 g/mol. The molecule has 1 heterocycles.